The molecule has 3 nitrogen and oxygen atoms in total. The van der Waals surface area contributed by atoms with Gasteiger partial charge in [0.2, 0.25) is 0 Å². The van der Waals surface area contributed by atoms with Crippen molar-refractivity contribution in [2.24, 2.45) is 0 Å². The van der Waals surface area contributed by atoms with Gasteiger partial charge in [-0.2, -0.15) is 0 Å². The average molecular weight is 250 g/mol. The van der Waals surface area contributed by atoms with E-state index in [1.54, 1.807) is 0 Å². The number of carbonyl (C=O) groups excluding carboxylic acids is 1. The molecule has 0 unspecified atom stereocenters. The Morgan fingerprint density at radius 2 is 1.89 bits per heavy atom. The van der Waals surface area contributed by atoms with E-state index in [2.05, 4.69) is 6.92 Å². The van der Waals surface area contributed by atoms with E-state index in [4.69, 9.17) is 9.47 Å². The predicted molar refractivity (Wildman–Crippen MR) is 71.8 cm³/mol. The van der Waals surface area contributed by atoms with E-state index >= 15 is 0 Å². The molecule has 3 heteroatoms. The van der Waals surface area contributed by atoms with E-state index in [0.717, 1.165) is 17.7 Å². The van der Waals surface area contributed by atoms with Gasteiger partial charge in [0.15, 0.2) is 0 Å². The molecular formula is C15H22O3. The lowest BCUT2D eigenvalue weighted by molar-refractivity contribution is -0.153. The smallest absolute Gasteiger partial charge is 0.310 e. The number of hydrogen-bond acceptors (Lipinski definition) is 3. The standard InChI is InChI=1S/C15H22O3/c1-5-10-17-13-9-7-6-8-12(13)11-14(16)18-15(2,3)4/h6-9H,5,10-11H2,1-4H3. The molecule has 0 N–H and O–H groups in total. The van der Waals surface area contributed by atoms with Gasteiger partial charge in [-0.25, -0.2) is 0 Å². The average Bonchev–Trinajstić information content (AvgIpc) is 2.25. The van der Waals surface area contributed by atoms with Crippen LogP contribution in [0.2, 0.25) is 0 Å². The highest BCUT2D eigenvalue weighted by atomic mass is 16.6. The van der Waals surface area contributed by atoms with Gasteiger partial charge in [0.1, 0.15) is 11.4 Å². The summed E-state index contributed by atoms with van der Waals surface area (Å²) in [4.78, 5) is 11.8. The van der Waals surface area contributed by atoms with Crippen LogP contribution in [0, 0.1) is 0 Å². The molecule has 18 heavy (non-hydrogen) atoms. The maximum Gasteiger partial charge on any atom is 0.310 e. The van der Waals surface area contributed by atoms with Crippen molar-refractivity contribution < 1.29 is 14.3 Å². The van der Waals surface area contributed by atoms with Crippen LogP contribution in [0.3, 0.4) is 0 Å². The lowest BCUT2D eigenvalue weighted by Gasteiger charge is -2.20. The number of benzene rings is 1. The third-order valence-corrected chi connectivity index (χ3v) is 2.19. The molecule has 0 fully saturated rings. The Morgan fingerprint density at radius 1 is 1.22 bits per heavy atom. The lowest BCUT2D eigenvalue weighted by atomic mass is 10.1. The second-order valence-electron chi connectivity index (χ2n) is 5.22. The Morgan fingerprint density at radius 3 is 2.50 bits per heavy atom. The van der Waals surface area contributed by atoms with E-state index in [9.17, 15) is 4.79 Å². The summed E-state index contributed by atoms with van der Waals surface area (Å²) < 4.78 is 10.9. The number of esters is 1. The van der Waals surface area contributed by atoms with Crippen LogP contribution in [0.15, 0.2) is 24.3 Å². The molecule has 0 aromatic heterocycles. The van der Waals surface area contributed by atoms with Gasteiger partial charge in [0, 0.05) is 5.56 Å². The summed E-state index contributed by atoms with van der Waals surface area (Å²) in [6.07, 6.45) is 1.19. The summed E-state index contributed by atoms with van der Waals surface area (Å²) in [5.41, 5.74) is 0.427. The number of para-hydroxylation sites is 1. The van der Waals surface area contributed by atoms with Crippen molar-refractivity contribution in [3.63, 3.8) is 0 Å². The fourth-order valence-corrected chi connectivity index (χ4v) is 1.54. The molecule has 100 valence electrons. The normalized spacial score (nSPS) is 11.1. The van der Waals surface area contributed by atoms with Gasteiger partial charge in [0.25, 0.3) is 0 Å². The summed E-state index contributed by atoms with van der Waals surface area (Å²) in [5, 5.41) is 0. The SMILES string of the molecule is CCCOc1ccccc1CC(=O)OC(C)(C)C. The van der Waals surface area contributed by atoms with E-state index in [0.29, 0.717) is 6.61 Å². The highest BCUT2D eigenvalue weighted by molar-refractivity contribution is 5.74. The maximum atomic E-state index is 11.8. The fourth-order valence-electron chi connectivity index (χ4n) is 1.54. The van der Waals surface area contributed by atoms with Gasteiger partial charge in [-0.05, 0) is 33.3 Å². The van der Waals surface area contributed by atoms with Gasteiger partial charge in [-0.15, -0.1) is 0 Å². The van der Waals surface area contributed by atoms with Crippen LogP contribution in [-0.4, -0.2) is 18.2 Å². The van der Waals surface area contributed by atoms with Gasteiger partial charge >= 0.3 is 5.97 Å². The van der Waals surface area contributed by atoms with Crippen LogP contribution in [0.1, 0.15) is 39.7 Å². The minimum atomic E-state index is -0.448. The van der Waals surface area contributed by atoms with Crippen LogP contribution in [0.5, 0.6) is 5.75 Å². The molecule has 0 saturated carbocycles. The summed E-state index contributed by atoms with van der Waals surface area (Å²) in [6, 6.07) is 7.59. The lowest BCUT2D eigenvalue weighted by Crippen LogP contribution is -2.25. The highest BCUT2D eigenvalue weighted by Crippen LogP contribution is 2.20. The zero-order valence-electron chi connectivity index (χ0n) is 11.7. The molecule has 0 radical (unpaired) electrons. The van der Waals surface area contributed by atoms with Crippen LogP contribution in [-0.2, 0) is 16.0 Å². The number of carbonyl (C=O) groups is 1. The van der Waals surface area contributed by atoms with Crippen molar-refractivity contribution in [2.75, 3.05) is 6.61 Å². The third-order valence-electron chi connectivity index (χ3n) is 2.19. The molecule has 0 aliphatic heterocycles. The minimum absolute atomic E-state index is 0.227. The van der Waals surface area contributed by atoms with Gasteiger partial charge in [0.05, 0.1) is 13.0 Å². The van der Waals surface area contributed by atoms with Crippen molar-refractivity contribution in [2.45, 2.75) is 46.1 Å². The Balaban J connectivity index is 2.68. The largest absolute Gasteiger partial charge is 0.493 e. The first-order valence-corrected chi connectivity index (χ1v) is 6.35. The first-order chi connectivity index (χ1) is 8.42. The highest BCUT2D eigenvalue weighted by Gasteiger charge is 2.17. The molecule has 0 amide bonds. The summed E-state index contributed by atoms with van der Waals surface area (Å²) >= 11 is 0. The second-order valence-corrected chi connectivity index (χ2v) is 5.22. The molecule has 1 aromatic carbocycles. The maximum absolute atomic E-state index is 11.8. The van der Waals surface area contributed by atoms with Crippen LogP contribution in [0.25, 0.3) is 0 Å². The topological polar surface area (TPSA) is 35.5 Å². The molecule has 0 bridgehead atoms. The monoisotopic (exact) mass is 250 g/mol. The van der Waals surface area contributed by atoms with Gasteiger partial charge < -0.3 is 9.47 Å². The quantitative estimate of drug-likeness (QED) is 0.752. The first-order valence-electron chi connectivity index (χ1n) is 6.35. The van der Waals surface area contributed by atoms with Crippen molar-refractivity contribution in [1.29, 1.82) is 0 Å². The van der Waals surface area contributed by atoms with Crippen molar-refractivity contribution in [3.05, 3.63) is 29.8 Å². The zero-order chi connectivity index (χ0) is 13.6. The summed E-state index contributed by atoms with van der Waals surface area (Å²) in [6.45, 7) is 8.31. The van der Waals surface area contributed by atoms with Crippen molar-refractivity contribution in [1.82, 2.24) is 0 Å². The molecule has 1 rings (SSSR count). The summed E-state index contributed by atoms with van der Waals surface area (Å²) in [5.74, 6) is 0.542. The molecule has 0 aliphatic rings. The van der Waals surface area contributed by atoms with Gasteiger partial charge in [-0.1, -0.05) is 25.1 Å². The molecule has 0 atom stereocenters. The molecular weight excluding hydrogens is 228 g/mol. The van der Waals surface area contributed by atoms with E-state index in [1.165, 1.54) is 0 Å². The molecule has 0 heterocycles. The van der Waals surface area contributed by atoms with E-state index in [1.807, 2.05) is 45.0 Å². The minimum Gasteiger partial charge on any atom is -0.493 e. The Bertz CT molecular complexity index is 391. The van der Waals surface area contributed by atoms with Crippen LogP contribution in [0.4, 0.5) is 0 Å². The van der Waals surface area contributed by atoms with Crippen molar-refractivity contribution >= 4 is 5.97 Å². The fraction of sp³-hybridized carbons (Fsp3) is 0.533. The van der Waals surface area contributed by atoms with Crippen LogP contribution >= 0.6 is 0 Å². The number of rotatable bonds is 5. The molecule has 0 spiro atoms. The molecule has 1 aromatic rings. The summed E-state index contributed by atoms with van der Waals surface area (Å²) in [7, 11) is 0. The molecule has 0 aliphatic carbocycles. The Hall–Kier alpha value is -1.51. The van der Waals surface area contributed by atoms with E-state index < -0.39 is 5.60 Å². The molecule has 0 saturated heterocycles. The second kappa shape index (κ2) is 6.43. The van der Waals surface area contributed by atoms with Crippen molar-refractivity contribution in [3.8, 4) is 5.75 Å². The zero-order valence-corrected chi connectivity index (χ0v) is 11.7. The number of ether oxygens (including phenoxy) is 2. The third kappa shape index (κ3) is 5.21. The predicted octanol–water partition coefficient (Wildman–Crippen LogP) is 3.36. The Kier molecular flexibility index (Phi) is 5.20. The number of hydrogen-bond donors (Lipinski definition) is 0. The van der Waals surface area contributed by atoms with Crippen LogP contribution < -0.4 is 4.74 Å². The van der Waals surface area contributed by atoms with Gasteiger partial charge in [-0.3, -0.25) is 4.79 Å². The Labute approximate surface area is 109 Å². The first kappa shape index (κ1) is 14.6. The van der Waals surface area contributed by atoms with E-state index in [-0.39, 0.29) is 12.4 Å².